The number of nitrogens with one attached hydrogen (secondary N) is 1. The summed E-state index contributed by atoms with van der Waals surface area (Å²) in [7, 11) is 0. The monoisotopic (exact) mass is 390 g/mol. The standard InChI is InChI=1S/C13H13BrF6N2/c14-10-6-8(5-9(7-10)12(15,16)17)11(13(18,19)20)22-3-1-21-2-4-22/h5-7,11,21H,1-4H2/t11-/m0/s1. The maximum absolute atomic E-state index is 13.4. The fourth-order valence-corrected chi connectivity index (χ4v) is 2.99. The van der Waals surface area contributed by atoms with Gasteiger partial charge in [0.05, 0.1) is 5.56 Å². The van der Waals surface area contributed by atoms with Crippen LogP contribution in [0.2, 0.25) is 0 Å². The van der Waals surface area contributed by atoms with Gasteiger partial charge in [-0.05, 0) is 23.8 Å². The summed E-state index contributed by atoms with van der Waals surface area (Å²) in [5, 5.41) is 2.92. The molecule has 1 heterocycles. The van der Waals surface area contributed by atoms with Gasteiger partial charge in [-0.1, -0.05) is 15.9 Å². The minimum atomic E-state index is -4.70. The zero-order chi connectivity index (χ0) is 16.5. The highest BCUT2D eigenvalue weighted by Crippen LogP contribution is 2.41. The normalized spacial score (nSPS) is 19.2. The van der Waals surface area contributed by atoms with Crippen molar-refractivity contribution >= 4 is 15.9 Å². The number of nitrogens with zero attached hydrogens (tertiary/aromatic N) is 1. The summed E-state index contributed by atoms with van der Waals surface area (Å²) < 4.78 is 78.6. The van der Waals surface area contributed by atoms with Crippen LogP contribution in [0.1, 0.15) is 17.2 Å². The van der Waals surface area contributed by atoms with Gasteiger partial charge in [0, 0.05) is 30.7 Å². The molecule has 0 aliphatic carbocycles. The number of hydrogen-bond acceptors (Lipinski definition) is 2. The number of rotatable bonds is 2. The second-order valence-electron chi connectivity index (χ2n) is 5.00. The molecule has 1 aliphatic heterocycles. The first-order valence-electron chi connectivity index (χ1n) is 6.48. The SMILES string of the molecule is FC(F)(F)c1cc(Br)cc([C@H](N2CCNCC2)C(F)(F)F)c1. The number of hydrogen-bond donors (Lipinski definition) is 1. The molecule has 0 radical (unpaired) electrons. The summed E-state index contributed by atoms with van der Waals surface area (Å²) in [6.45, 7) is 0.982. The molecule has 0 spiro atoms. The summed E-state index contributed by atoms with van der Waals surface area (Å²) in [6, 6.07) is 0.392. The predicted molar refractivity (Wildman–Crippen MR) is 72.4 cm³/mol. The Morgan fingerprint density at radius 1 is 1.00 bits per heavy atom. The smallest absolute Gasteiger partial charge is 0.314 e. The molecular formula is C13H13BrF6N2. The maximum Gasteiger partial charge on any atom is 0.416 e. The summed E-state index contributed by atoms with van der Waals surface area (Å²) in [6.07, 6.45) is -9.35. The molecule has 1 atom stereocenters. The van der Waals surface area contributed by atoms with E-state index in [4.69, 9.17) is 0 Å². The minimum Gasteiger partial charge on any atom is -0.314 e. The molecule has 1 aliphatic rings. The van der Waals surface area contributed by atoms with Crippen LogP contribution in [-0.2, 0) is 6.18 Å². The van der Waals surface area contributed by atoms with Crippen molar-refractivity contribution in [1.29, 1.82) is 0 Å². The van der Waals surface area contributed by atoms with Crippen molar-refractivity contribution in [3.05, 3.63) is 33.8 Å². The van der Waals surface area contributed by atoms with Gasteiger partial charge in [-0.2, -0.15) is 26.3 Å². The molecular weight excluding hydrogens is 378 g/mol. The van der Waals surface area contributed by atoms with Crippen molar-refractivity contribution in [3.8, 4) is 0 Å². The van der Waals surface area contributed by atoms with Gasteiger partial charge in [-0.3, -0.25) is 4.90 Å². The Balaban J connectivity index is 2.45. The molecule has 2 nitrogen and oxygen atoms in total. The van der Waals surface area contributed by atoms with E-state index in [2.05, 4.69) is 21.2 Å². The lowest BCUT2D eigenvalue weighted by molar-refractivity contribution is -0.188. The molecule has 124 valence electrons. The van der Waals surface area contributed by atoms with Crippen molar-refractivity contribution in [3.63, 3.8) is 0 Å². The Morgan fingerprint density at radius 2 is 1.59 bits per heavy atom. The van der Waals surface area contributed by atoms with Crippen molar-refractivity contribution in [2.45, 2.75) is 18.4 Å². The van der Waals surface area contributed by atoms with Crippen molar-refractivity contribution in [2.75, 3.05) is 26.2 Å². The number of benzene rings is 1. The van der Waals surface area contributed by atoms with Crippen LogP contribution in [0, 0.1) is 0 Å². The van der Waals surface area contributed by atoms with Gasteiger partial charge in [-0.25, -0.2) is 0 Å². The van der Waals surface area contributed by atoms with Gasteiger partial charge in [0.15, 0.2) is 0 Å². The molecule has 0 unspecified atom stereocenters. The summed E-state index contributed by atoms with van der Waals surface area (Å²) >= 11 is 2.87. The van der Waals surface area contributed by atoms with E-state index < -0.39 is 29.5 Å². The highest BCUT2D eigenvalue weighted by atomic mass is 79.9. The molecule has 1 aromatic rings. The average molecular weight is 391 g/mol. The van der Waals surface area contributed by atoms with Crippen LogP contribution in [-0.4, -0.2) is 37.3 Å². The van der Waals surface area contributed by atoms with Crippen LogP contribution >= 0.6 is 15.9 Å². The van der Waals surface area contributed by atoms with Gasteiger partial charge in [0.25, 0.3) is 0 Å². The van der Waals surface area contributed by atoms with Crippen molar-refractivity contribution in [2.24, 2.45) is 0 Å². The Hall–Kier alpha value is -0.800. The topological polar surface area (TPSA) is 15.3 Å². The van der Waals surface area contributed by atoms with Crippen LogP contribution in [0.25, 0.3) is 0 Å². The zero-order valence-corrected chi connectivity index (χ0v) is 12.8. The maximum atomic E-state index is 13.4. The number of alkyl halides is 6. The zero-order valence-electron chi connectivity index (χ0n) is 11.2. The van der Waals surface area contributed by atoms with E-state index in [9.17, 15) is 26.3 Å². The van der Waals surface area contributed by atoms with Crippen LogP contribution in [0.3, 0.4) is 0 Å². The molecule has 9 heteroatoms. The minimum absolute atomic E-state index is 0.0262. The molecule has 0 saturated carbocycles. The lowest BCUT2D eigenvalue weighted by atomic mass is 10.0. The number of halogens is 7. The lowest BCUT2D eigenvalue weighted by Gasteiger charge is -2.36. The van der Waals surface area contributed by atoms with Crippen molar-refractivity contribution < 1.29 is 26.3 Å². The lowest BCUT2D eigenvalue weighted by Crippen LogP contribution is -2.49. The van der Waals surface area contributed by atoms with E-state index in [0.717, 1.165) is 17.0 Å². The Kier molecular flexibility index (Phi) is 5.08. The highest BCUT2D eigenvalue weighted by molar-refractivity contribution is 9.10. The largest absolute Gasteiger partial charge is 0.416 e. The molecule has 1 aromatic carbocycles. The van der Waals surface area contributed by atoms with Gasteiger partial charge < -0.3 is 5.32 Å². The molecule has 22 heavy (non-hydrogen) atoms. The Bertz CT molecular complexity index is 522. The van der Waals surface area contributed by atoms with E-state index in [1.165, 1.54) is 0 Å². The van der Waals surface area contributed by atoms with E-state index in [1.54, 1.807) is 0 Å². The molecule has 0 bridgehead atoms. The highest BCUT2D eigenvalue weighted by Gasteiger charge is 2.45. The van der Waals surface area contributed by atoms with E-state index in [0.29, 0.717) is 19.2 Å². The molecule has 2 rings (SSSR count). The van der Waals surface area contributed by atoms with E-state index in [-0.39, 0.29) is 17.6 Å². The van der Waals surface area contributed by atoms with Gasteiger partial charge >= 0.3 is 12.4 Å². The first kappa shape index (κ1) is 17.6. The molecule has 0 amide bonds. The number of piperazine rings is 1. The molecule has 1 saturated heterocycles. The average Bonchev–Trinajstić information content (AvgIpc) is 2.36. The first-order chi connectivity index (χ1) is 10.1. The predicted octanol–water partition coefficient (Wildman–Crippen LogP) is 3.98. The quantitative estimate of drug-likeness (QED) is 0.768. The van der Waals surface area contributed by atoms with Gasteiger partial charge in [0.2, 0.25) is 0 Å². The van der Waals surface area contributed by atoms with Crippen LogP contribution in [0.4, 0.5) is 26.3 Å². The third-order valence-corrected chi connectivity index (χ3v) is 3.85. The van der Waals surface area contributed by atoms with Crippen molar-refractivity contribution in [1.82, 2.24) is 10.2 Å². The van der Waals surface area contributed by atoms with Gasteiger partial charge in [0.1, 0.15) is 6.04 Å². The first-order valence-corrected chi connectivity index (χ1v) is 7.27. The van der Waals surface area contributed by atoms with Crippen LogP contribution in [0.5, 0.6) is 0 Å². The summed E-state index contributed by atoms with van der Waals surface area (Å²) in [4.78, 5) is 1.15. The summed E-state index contributed by atoms with van der Waals surface area (Å²) in [5.74, 6) is 0. The molecule has 0 aromatic heterocycles. The third-order valence-electron chi connectivity index (χ3n) is 3.39. The van der Waals surface area contributed by atoms with Crippen LogP contribution < -0.4 is 5.32 Å². The summed E-state index contributed by atoms with van der Waals surface area (Å²) in [5.41, 5.74) is -1.50. The molecule has 1 fully saturated rings. The third kappa shape index (κ3) is 4.14. The Morgan fingerprint density at radius 3 is 2.09 bits per heavy atom. The van der Waals surface area contributed by atoms with Crippen LogP contribution in [0.15, 0.2) is 22.7 Å². The second kappa shape index (κ2) is 6.37. The van der Waals surface area contributed by atoms with E-state index >= 15 is 0 Å². The van der Waals surface area contributed by atoms with Gasteiger partial charge in [-0.15, -0.1) is 0 Å². The fourth-order valence-electron chi connectivity index (χ4n) is 2.48. The molecule has 1 N–H and O–H groups in total. The second-order valence-corrected chi connectivity index (χ2v) is 5.92. The van der Waals surface area contributed by atoms with E-state index in [1.807, 2.05) is 0 Å². The Labute approximate surface area is 131 Å². The fraction of sp³-hybridized carbons (Fsp3) is 0.538.